The molecular weight excluding hydrogens is 528 g/mol. The van der Waals surface area contributed by atoms with Gasteiger partial charge in [-0.25, -0.2) is 17.8 Å². The minimum absolute atomic E-state index is 0.00373. The summed E-state index contributed by atoms with van der Waals surface area (Å²) in [5.41, 5.74) is 0.841. The number of rotatable bonds is 12. The third-order valence-electron chi connectivity index (χ3n) is 4.46. The number of hydrogen-bond acceptors (Lipinski definition) is 7. The minimum atomic E-state index is -4.20. The van der Waals surface area contributed by atoms with E-state index in [9.17, 15) is 12.8 Å². The van der Waals surface area contributed by atoms with Crippen LogP contribution in [0.15, 0.2) is 46.8 Å². The van der Waals surface area contributed by atoms with Gasteiger partial charge in [0.25, 0.3) is 10.0 Å². The van der Waals surface area contributed by atoms with Gasteiger partial charge in [-0.1, -0.05) is 23.2 Å². The van der Waals surface area contributed by atoms with Gasteiger partial charge >= 0.3 is 0 Å². The summed E-state index contributed by atoms with van der Waals surface area (Å²) in [4.78, 5) is 3.25. The number of halogens is 3. The molecule has 1 aromatic heterocycles. The first-order valence-electron chi connectivity index (χ1n) is 9.87. The Labute approximate surface area is 210 Å². The molecule has 0 atom stereocenters. The molecule has 0 spiro atoms. The fraction of sp³-hybridized carbons (Fsp3) is 0.286. The maximum absolute atomic E-state index is 14.8. The topological polar surface area (TPSA) is 80.3 Å². The Balaban J connectivity index is 1.76. The van der Waals surface area contributed by atoms with Crippen LogP contribution >= 0.6 is 46.3 Å². The van der Waals surface area contributed by atoms with Crippen molar-refractivity contribution in [3.05, 3.63) is 63.3 Å². The van der Waals surface area contributed by atoms with Crippen molar-refractivity contribution in [2.75, 3.05) is 29.8 Å². The van der Waals surface area contributed by atoms with E-state index in [0.29, 0.717) is 17.2 Å². The quantitative estimate of drug-likeness (QED) is 0.267. The van der Waals surface area contributed by atoms with Crippen LogP contribution in [0, 0.1) is 5.82 Å². The van der Waals surface area contributed by atoms with Gasteiger partial charge in [0, 0.05) is 35.0 Å². The molecule has 0 bridgehead atoms. The van der Waals surface area contributed by atoms with Gasteiger partial charge in [0.1, 0.15) is 22.2 Å². The molecule has 0 radical (unpaired) electrons. The normalized spacial score (nSPS) is 11.5. The van der Waals surface area contributed by atoms with Crippen LogP contribution in [0.1, 0.15) is 12.0 Å². The number of anilines is 1. The minimum Gasteiger partial charge on any atom is -0.455 e. The van der Waals surface area contributed by atoms with Gasteiger partial charge in [-0.15, -0.1) is 11.3 Å². The first-order chi connectivity index (χ1) is 15.8. The van der Waals surface area contributed by atoms with Crippen molar-refractivity contribution in [2.24, 2.45) is 0 Å². The fourth-order valence-corrected chi connectivity index (χ4v) is 5.59. The van der Waals surface area contributed by atoms with E-state index in [0.717, 1.165) is 54.3 Å². The average molecular weight is 551 g/mol. The first-order valence-corrected chi connectivity index (χ1v) is 14.4. The van der Waals surface area contributed by atoms with Crippen molar-refractivity contribution in [3.63, 3.8) is 0 Å². The monoisotopic (exact) mass is 549 g/mol. The lowest BCUT2D eigenvalue weighted by Gasteiger charge is -2.14. The standard InChI is InChI=1S/C21H22Cl2FN3O3S3/c1-31-9-7-25-6-2-3-14-11-15(22)4-5-18(14)30-19-13-17(24)20(12-16(19)23)33(28,29)27-21-26-8-10-32-21/h4-5,8,10-13,25H,2-3,6-7,9H2,1H3,(H,26,27). The number of thiazole rings is 1. The Morgan fingerprint density at radius 3 is 2.73 bits per heavy atom. The summed E-state index contributed by atoms with van der Waals surface area (Å²) in [6.45, 7) is 1.77. The van der Waals surface area contributed by atoms with Crippen LogP contribution in [0.25, 0.3) is 0 Å². The number of aromatic nitrogens is 1. The van der Waals surface area contributed by atoms with Crippen molar-refractivity contribution in [2.45, 2.75) is 17.7 Å². The second-order valence-corrected chi connectivity index (χ2v) is 11.2. The summed E-state index contributed by atoms with van der Waals surface area (Å²) < 4.78 is 47.9. The van der Waals surface area contributed by atoms with Gasteiger partial charge < -0.3 is 10.1 Å². The lowest BCUT2D eigenvalue weighted by Crippen LogP contribution is -2.18. The Bertz CT molecular complexity index is 1180. The maximum Gasteiger partial charge on any atom is 0.266 e. The molecular formula is C21H22Cl2FN3O3S3. The molecule has 3 rings (SSSR count). The summed E-state index contributed by atoms with van der Waals surface area (Å²) in [5, 5.41) is 5.59. The lowest BCUT2D eigenvalue weighted by atomic mass is 10.1. The van der Waals surface area contributed by atoms with E-state index < -0.39 is 20.7 Å². The van der Waals surface area contributed by atoms with Crippen LogP contribution in [0.3, 0.4) is 0 Å². The number of thioether (sulfide) groups is 1. The zero-order chi connectivity index (χ0) is 23.8. The molecule has 2 N–H and O–H groups in total. The summed E-state index contributed by atoms with van der Waals surface area (Å²) in [6.07, 6.45) is 5.04. The van der Waals surface area contributed by atoms with Crippen molar-refractivity contribution in [1.29, 1.82) is 0 Å². The maximum atomic E-state index is 14.8. The van der Waals surface area contributed by atoms with Crippen LogP contribution in [0.2, 0.25) is 10.0 Å². The van der Waals surface area contributed by atoms with Gasteiger partial charge in [0.2, 0.25) is 0 Å². The van der Waals surface area contributed by atoms with Gasteiger partial charge in [-0.2, -0.15) is 11.8 Å². The molecule has 0 aliphatic carbocycles. The average Bonchev–Trinajstić information content (AvgIpc) is 3.26. The van der Waals surface area contributed by atoms with Crippen molar-refractivity contribution >= 4 is 61.5 Å². The van der Waals surface area contributed by atoms with E-state index in [2.05, 4.69) is 21.3 Å². The lowest BCUT2D eigenvalue weighted by molar-refractivity contribution is 0.466. The number of aryl methyl sites for hydroxylation is 1. The SMILES string of the molecule is CSCCNCCCc1cc(Cl)ccc1Oc1cc(F)c(S(=O)(=O)Nc2nccs2)cc1Cl. The molecule has 0 fully saturated rings. The van der Waals surface area contributed by atoms with E-state index in [1.54, 1.807) is 35.3 Å². The van der Waals surface area contributed by atoms with E-state index >= 15 is 0 Å². The highest BCUT2D eigenvalue weighted by Gasteiger charge is 2.23. The van der Waals surface area contributed by atoms with Gasteiger partial charge in [-0.3, -0.25) is 4.72 Å². The molecule has 2 aromatic carbocycles. The molecule has 0 amide bonds. The Morgan fingerprint density at radius 2 is 2.00 bits per heavy atom. The van der Waals surface area contributed by atoms with E-state index in [-0.39, 0.29) is 15.9 Å². The first kappa shape index (κ1) is 26.1. The largest absolute Gasteiger partial charge is 0.455 e. The molecule has 0 aliphatic heterocycles. The zero-order valence-electron chi connectivity index (χ0n) is 17.6. The van der Waals surface area contributed by atoms with Gasteiger partial charge in [0.05, 0.1) is 5.02 Å². The third-order valence-corrected chi connectivity index (χ3v) is 7.77. The summed E-state index contributed by atoms with van der Waals surface area (Å²) in [7, 11) is -4.20. The van der Waals surface area contributed by atoms with Crippen molar-refractivity contribution in [3.8, 4) is 11.5 Å². The molecule has 0 saturated carbocycles. The molecule has 1 heterocycles. The molecule has 6 nitrogen and oxygen atoms in total. The van der Waals surface area contributed by atoms with E-state index in [4.69, 9.17) is 27.9 Å². The predicted molar refractivity (Wildman–Crippen MR) is 135 cm³/mol. The van der Waals surface area contributed by atoms with Crippen LogP contribution in [-0.2, 0) is 16.4 Å². The molecule has 178 valence electrons. The number of benzene rings is 2. The highest BCUT2D eigenvalue weighted by molar-refractivity contribution is 7.98. The van der Waals surface area contributed by atoms with Gasteiger partial charge in [0.15, 0.2) is 5.13 Å². The number of hydrogen-bond donors (Lipinski definition) is 2. The molecule has 0 saturated heterocycles. The van der Waals surface area contributed by atoms with Crippen LogP contribution in [0.5, 0.6) is 11.5 Å². The number of nitrogens with one attached hydrogen (secondary N) is 2. The molecule has 3 aromatic rings. The molecule has 0 aliphatic rings. The smallest absolute Gasteiger partial charge is 0.266 e. The summed E-state index contributed by atoms with van der Waals surface area (Å²) in [5.74, 6) is 0.526. The van der Waals surface area contributed by atoms with Crippen LogP contribution in [0.4, 0.5) is 9.52 Å². The fourth-order valence-electron chi connectivity index (χ4n) is 2.90. The number of ether oxygens (including phenoxy) is 1. The Kier molecular flexibility index (Phi) is 9.66. The second-order valence-electron chi connectivity index (χ2n) is 6.86. The van der Waals surface area contributed by atoms with E-state index in [1.807, 2.05) is 0 Å². The molecule has 12 heteroatoms. The van der Waals surface area contributed by atoms with Crippen LogP contribution < -0.4 is 14.8 Å². The second kappa shape index (κ2) is 12.2. The highest BCUT2D eigenvalue weighted by atomic mass is 35.5. The van der Waals surface area contributed by atoms with Crippen molar-refractivity contribution < 1.29 is 17.5 Å². The zero-order valence-corrected chi connectivity index (χ0v) is 21.6. The third kappa shape index (κ3) is 7.46. The predicted octanol–water partition coefficient (Wildman–Crippen LogP) is 6.07. The summed E-state index contributed by atoms with van der Waals surface area (Å²) in [6, 6.07) is 7.12. The van der Waals surface area contributed by atoms with E-state index in [1.165, 1.54) is 6.20 Å². The highest BCUT2D eigenvalue weighted by Crippen LogP contribution is 2.36. The number of sulfonamides is 1. The Hall–Kier alpha value is -1.56. The molecule has 0 unspecified atom stereocenters. The van der Waals surface area contributed by atoms with Crippen molar-refractivity contribution in [1.82, 2.24) is 10.3 Å². The summed E-state index contributed by atoms with van der Waals surface area (Å²) >= 11 is 15.3. The molecule has 33 heavy (non-hydrogen) atoms. The Morgan fingerprint density at radius 1 is 1.18 bits per heavy atom. The van der Waals surface area contributed by atoms with Crippen LogP contribution in [-0.4, -0.2) is 38.5 Å². The number of nitrogens with zero attached hydrogens (tertiary/aromatic N) is 1. The van der Waals surface area contributed by atoms with Gasteiger partial charge in [-0.05, 0) is 55.5 Å².